The topological polar surface area (TPSA) is 0 Å². The van der Waals surface area contributed by atoms with E-state index in [-0.39, 0.29) is 0 Å². The van der Waals surface area contributed by atoms with Crippen LogP contribution in [0.4, 0.5) is 0 Å². The van der Waals surface area contributed by atoms with Crippen LogP contribution in [0.2, 0.25) is 0 Å². The second-order valence-electron chi connectivity index (χ2n) is 24.2. The summed E-state index contributed by atoms with van der Waals surface area (Å²) in [7, 11) is 0. The Kier molecular flexibility index (Phi) is 19.9. The summed E-state index contributed by atoms with van der Waals surface area (Å²) in [4.78, 5) is 0. The van der Waals surface area contributed by atoms with Gasteiger partial charge in [-0.2, -0.15) is 0 Å². The summed E-state index contributed by atoms with van der Waals surface area (Å²) in [6.07, 6.45) is 35.0. The maximum Gasteiger partial charge on any atom is 0.0701 e. The van der Waals surface area contributed by atoms with Crippen molar-refractivity contribution in [1.29, 1.82) is 0 Å². The predicted octanol–water partition coefficient (Wildman–Crippen LogP) is 24.7. The molecule has 93 heavy (non-hydrogen) atoms. The summed E-state index contributed by atoms with van der Waals surface area (Å²) in [5.41, 5.74) is 27.5. The molecule has 0 unspecified atom stereocenters. The van der Waals surface area contributed by atoms with E-state index in [0.29, 0.717) is 0 Å². The normalized spacial score (nSPS) is 12.2. The van der Waals surface area contributed by atoms with Gasteiger partial charge in [0.2, 0.25) is 0 Å². The van der Waals surface area contributed by atoms with Gasteiger partial charge in [-0.15, -0.1) is 0 Å². The van der Waals surface area contributed by atoms with E-state index < -0.39 is 5.41 Å². The number of hydrogen-bond donors (Lipinski definition) is 0. The van der Waals surface area contributed by atoms with Gasteiger partial charge in [0.25, 0.3) is 0 Å². The van der Waals surface area contributed by atoms with Crippen LogP contribution in [-0.2, 0) is 5.41 Å². The Morgan fingerprint density at radius 1 is 0.129 bits per heavy atom. The molecule has 0 fully saturated rings. The van der Waals surface area contributed by atoms with Gasteiger partial charge in [-0.05, 0) is 139 Å². The first-order valence-electron chi connectivity index (χ1n) is 32.1. The molecule has 0 amide bonds. The molecule has 0 N–H and O–H groups in total. The van der Waals surface area contributed by atoms with E-state index in [0.717, 1.165) is 44.5 Å². The molecule has 0 bridgehead atoms. The molecule has 12 aromatic carbocycles. The standard InChI is InChI=1S/C93H76/c1-69-5-13-73(14-6-69)21-25-77-29-37-81(38-30-77)45-49-85-53-61-89(62-54-85)93(90-63-55-86(56-64-90)50-46-82-39-31-78(32-40-82)26-22-74-15-7-70(2)8-16-74,91-65-57-87(58-66-91)51-47-83-41-33-79(34-42-83)27-23-75-17-9-71(3)10-18-75)92-67-59-88(60-68-92)52-48-84-43-35-80(36-44-84)28-24-76-19-11-72(4)12-20-76/h5-68H,1-4H3/b25-21+,26-22+,27-23+,28-24+,49-45+,50-46+,51-47+,52-48+. The van der Waals surface area contributed by atoms with Gasteiger partial charge in [0.1, 0.15) is 0 Å². The minimum Gasteiger partial charge on any atom is -0.0587 e. The van der Waals surface area contributed by atoms with Crippen LogP contribution in [0.5, 0.6) is 0 Å². The quantitative estimate of drug-likeness (QED) is 0.0527. The molecule has 0 atom stereocenters. The van der Waals surface area contributed by atoms with Crippen molar-refractivity contribution in [3.8, 4) is 0 Å². The molecule has 0 saturated heterocycles. The molecular weight excluding hydrogens is 1120 g/mol. The summed E-state index contributed by atoms with van der Waals surface area (Å²) < 4.78 is 0. The van der Waals surface area contributed by atoms with Crippen LogP contribution in [0.15, 0.2) is 291 Å². The molecule has 0 aromatic heterocycles. The molecule has 0 aliphatic rings. The Bertz CT molecular complexity index is 4020. The van der Waals surface area contributed by atoms with Crippen molar-refractivity contribution in [2.45, 2.75) is 33.1 Å². The molecule has 0 nitrogen and oxygen atoms in total. The van der Waals surface area contributed by atoms with Crippen LogP contribution < -0.4 is 0 Å². The van der Waals surface area contributed by atoms with Crippen molar-refractivity contribution < 1.29 is 0 Å². The molecule has 0 aliphatic carbocycles. The highest BCUT2D eigenvalue weighted by Crippen LogP contribution is 2.46. The SMILES string of the molecule is Cc1ccc(/C=C/c2ccc(/C=C/c3ccc(C(c4ccc(/C=C/c5ccc(/C=C/c6ccc(C)cc6)cc5)cc4)(c4ccc(/C=C/c5ccc(/C=C/c6ccc(C)cc6)cc5)cc4)c4ccc(/C=C/c5ccc(/C=C/c6ccc(C)cc6)cc5)cc4)cc3)cc2)cc1. The van der Waals surface area contributed by atoms with Gasteiger partial charge in [0.05, 0.1) is 5.41 Å². The maximum absolute atomic E-state index is 2.33. The second-order valence-corrected chi connectivity index (χ2v) is 24.2. The fourth-order valence-electron chi connectivity index (χ4n) is 11.5. The van der Waals surface area contributed by atoms with Gasteiger partial charge in [-0.1, -0.05) is 411 Å². The zero-order valence-corrected chi connectivity index (χ0v) is 53.5. The molecule has 12 rings (SSSR count). The predicted molar refractivity (Wildman–Crippen MR) is 407 cm³/mol. The van der Waals surface area contributed by atoms with E-state index in [4.69, 9.17) is 0 Å². The van der Waals surface area contributed by atoms with Gasteiger partial charge in [0.15, 0.2) is 0 Å². The van der Waals surface area contributed by atoms with Crippen LogP contribution in [-0.4, -0.2) is 0 Å². The number of hydrogen-bond acceptors (Lipinski definition) is 0. The molecule has 0 radical (unpaired) electrons. The van der Waals surface area contributed by atoms with Crippen molar-refractivity contribution in [3.63, 3.8) is 0 Å². The maximum atomic E-state index is 2.33. The summed E-state index contributed by atoms with van der Waals surface area (Å²) in [6.45, 7) is 8.48. The van der Waals surface area contributed by atoms with Crippen LogP contribution in [0.3, 0.4) is 0 Å². The van der Waals surface area contributed by atoms with E-state index in [2.05, 4.69) is 416 Å². The third-order valence-electron chi connectivity index (χ3n) is 17.2. The Balaban J connectivity index is 0.868. The lowest BCUT2D eigenvalue weighted by Gasteiger charge is -2.37. The molecule has 448 valence electrons. The van der Waals surface area contributed by atoms with Crippen molar-refractivity contribution >= 4 is 97.2 Å². The Labute approximate surface area is 551 Å². The Morgan fingerprint density at radius 3 is 0.323 bits per heavy atom. The second kappa shape index (κ2) is 29.9. The van der Waals surface area contributed by atoms with Crippen LogP contribution >= 0.6 is 0 Å². The molecule has 0 saturated carbocycles. The van der Waals surface area contributed by atoms with E-state index in [1.165, 1.54) is 89.0 Å². The molecule has 0 aliphatic heterocycles. The monoisotopic (exact) mass is 1190 g/mol. The zero-order valence-electron chi connectivity index (χ0n) is 53.5. The van der Waals surface area contributed by atoms with Gasteiger partial charge in [0, 0.05) is 0 Å². The lowest BCUT2D eigenvalue weighted by atomic mass is 9.64. The largest absolute Gasteiger partial charge is 0.0701 e. The van der Waals surface area contributed by atoms with Gasteiger partial charge in [-0.25, -0.2) is 0 Å². The first-order valence-corrected chi connectivity index (χ1v) is 32.1. The van der Waals surface area contributed by atoms with Crippen molar-refractivity contribution in [2.24, 2.45) is 0 Å². The minimum absolute atomic E-state index is 0.706. The van der Waals surface area contributed by atoms with Gasteiger partial charge < -0.3 is 0 Å². The Hall–Kier alpha value is -11.4. The number of benzene rings is 12. The lowest BCUT2D eigenvalue weighted by Crippen LogP contribution is -2.31. The van der Waals surface area contributed by atoms with Crippen LogP contribution in [0.1, 0.15) is 134 Å². The van der Waals surface area contributed by atoms with Crippen molar-refractivity contribution in [3.05, 3.63) is 425 Å². The molecule has 12 aromatic rings. The highest BCUT2D eigenvalue weighted by Gasteiger charge is 2.38. The Morgan fingerprint density at radius 2 is 0.215 bits per heavy atom. The van der Waals surface area contributed by atoms with Crippen LogP contribution in [0, 0.1) is 27.7 Å². The third-order valence-corrected chi connectivity index (χ3v) is 17.2. The smallest absolute Gasteiger partial charge is 0.0587 e. The zero-order chi connectivity index (χ0) is 63.6. The van der Waals surface area contributed by atoms with E-state index in [9.17, 15) is 0 Å². The van der Waals surface area contributed by atoms with E-state index >= 15 is 0 Å². The average molecular weight is 1190 g/mol. The molecule has 0 heterocycles. The number of aryl methyl sites for hydroxylation is 4. The van der Waals surface area contributed by atoms with E-state index in [1.54, 1.807) is 0 Å². The molecule has 0 spiro atoms. The van der Waals surface area contributed by atoms with Crippen LogP contribution in [0.25, 0.3) is 97.2 Å². The van der Waals surface area contributed by atoms with Crippen molar-refractivity contribution in [2.75, 3.05) is 0 Å². The number of rotatable bonds is 20. The summed E-state index contributed by atoms with van der Waals surface area (Å²) in [5, 5.41) is 0. The lowest BCUT2D eigenvalue weighted by molar-refractivity contribution is 0.744. The van der Waals surface area contributed by atoms with Crippen molar-refractivity contribution in [1.82, 2.24) is 0 Å². The van der Waals surface area contributed by atoms with Gasteiger partial charge in [-0.3, -0.25) is 0 Å². The van der Waals surface area contributed by atoms with E-state index in [1.807, 2.05) is 0 Å². The fourth-order valence-corrected chi connectivity index (χ4v) is 11.5. The van der Waals surface area contributed by atoms with Gasteiger partial charge >= 0.3 is 0 Å². The highest BCUT2D eigenvalue weighted by atomic mass is 14.4. The first kappa shape index (κ1) is 61.8. The summed E-state index contributed by atoms with van der Waals surface area (Å²) >= 11 is 0. The summed E-state index contributed by atoms with van der Waals surface area (Å²) in [6, 6.07) is 106. The third kappa shape index (κ3) is 16.7. The highest BCUT2D eigenvalue weighted by molar-refractivity contribution is 5.79. The fraction of sp³-hybridized carbons (Fsp3) is 0.0538. The molecular formula is C93H76. The summed E-state index contributed by atoms with van der Waals surface area (Å²) in [5.74, 6) is 0. The molecule has 0 heteroatoms. The minimum atomic E-state index is -0.706. The average Bonchev–Trinajstić information content (AvgIpc) is 0.743. The first-order chi connectivity index (χ1) is 45.6.